The highest BCUT2D eigenvalue weighted by atomic mass is 35.5. The van der Waals surface area contributed by atoms with E-state index in [9.17, 15) is 29.8 Å². The molecule has 0 fully saturated rings. The van der Waals surface area contributed by atoms with Crippen LogP contribution in [0, 0.1) is 20.2 Å². The molecule has 11 heteroatoms. The molecule has 0 aliphatic carbocycles. The number of aromatic carboxylic acids is 2. The molecule has 0 saturated carbocycles. The van der Waals surface area contributed by atoms with E-state index in [1.54, 1.807) is 12.1 Å². The second kappa shape index (κ2) is 8.36. The molecule has 0 amide bonds. The lowest BCUT2D eigenvalue weighted by Crippen LogP contribution is -2.01. The Morgan fingerprint density at radius 2 is 1.36 bits per heavy atom. The maximum atomic E-state index is 10.5. The third kappa shape index (κ3) is 5.55. The molecule has 10 nitrogen and oxygen atoms in total. The molecule has 0 atom stereocenters. The van der Waals surface area contributed by atoms with E-state index in [4.69, 9.17) is 21.8 Å². The first-order chi connectivity index (χ1) is 11.6. The van der Waals surface area contributed by atoms with Gasteiger partial charge in [0, 0.05) is 17.2 Å². The highest BCUT2D eigenvalue weighted by Gasteiger charge is 2.25. The van der Waals surface area contributed by atoms with Crippen molar-refractivity contribution in [3.63, 3.8) is 0 Å². The van der Waals surface area contributed by atoms with Gasteiger partial charge in [-0.25, -0.2) is 9.59 Å². The van der Waals surface area contributed by atoms with Crippen molar-refractivity contribution in [2.75, 3.05) is 0 Å². The molecule has 0 spiro atoms. The van der Waals surface area contributed by atoms with E-state index in [2.05, 4.69) is 0 Å². The smallest absolute Gasteiger partial charge is 0.346 e. The largest absolute Gasteiger partial charge is 0.478 e. The van der Waals surface area contributed by atoms with Crippen LogP contribution >= 0.6 is 11.6 Å². The van der Waals surface area contributed by atoms with Crippen molar-refractivity contribution in [3.8, 4) is 0 Å². The van der Waals surface area contributed by atoms with E-state index >= 15 is 0 Å². The van der Waals surface area contributed by atoms with Gasteiger partial charge in [0.2, 0.25) is 0 Å². The number of rotatable bonds is 4. The van der Waals surface area contributed by atoms with Crippen LogP contribution in [-0.4, -0.2) is 32.0 Å². The van der Waals surface area contributed by atoms with Gasteiger partial charge in [-0.2, -0.15) is 0 Å². The minimum Gasteiger partial charge on any atom is -0.478 e. The Hall–Kier alpha value is -3.53. The quantitative estimate of drug-likeness (QED) is 0.613. The Morgan fingerprint density at radius 3 is 1.76 bits per heavy atom. The summed E-state index contributed by atoms with van der Waals surface area (Å²) in [4.78, 5) is 39.6. The lowest BCUT2D eigenvalue weighted by Gasteiger charge is -1.96. The highest BCUT2D eigenvalue weighted by molar-refractivity contribution is 6.30. The van der Waals surface area contributed by atoms with Crippen LogP contribution in [0.25, 0.3) is 0 Å². The second-order valence-corrected chi connectivity index (χ2v) is 4.77. The van der Waals surface area contributed by atoms with Crippen LogP contribution in [0.2, 0.25) is 5.02 Å². The van der Waals surface area contributed by atoms with E-state index in [0.29, 0.717) is 11.1 Å². The standard InChI is InChI=1S/C7H5ClO2.C7H4N2O6/c8-6-3-1-2-5(4-6)7(9)10;10-7(11)4-1-2-5(8(12)13)6(3-4)9(14)15/h1-4H,(H,9,10);1-3H,(H,10,11). The predicted molar refractivity (Wildman–Crippen MR) is 85.1 cm³/mol. The molecule has 0 aliphatic rings. The number of hydrogen-bond donors (Lipinski definition) is 2. The molecule has 2 N–H and O–H groups in total. The topological polar surface area (TPSA) is 161 Å². The summed E-state index contributed by atoms with van der Waals surface area (Å²) in [7, 11) is 0. The molecule has 0 aromatic heterocycles. The minimum absolute atomic E-state index is 0.215. The van der Waals surface area contributed by atoms with Gasteiger partial charge in [0.25, 0.3) is 0 Å². The second-order valence-electron chi connectivity index (χ2n) is 4.34. The number of hydrogen-bond acceptors (Lipinski definition) is 6. The summed E-state index contributed by atoms with van der Waals surface area (Å²) in [5.41, 5.74) is -1.72. The summed E-state index contributed by atoms with van der Waals surface area (Å²) in [5.74, 6) is -2.34. The number of nitro benzene ring substituents is 2. The van der Waals surface area contributed by atoms with Gasteiger partial charge in [0.05, 0.1) is 21.0 Å². The van der Waals surface area contributed by atoms with E-state index < -0.39 is 33.2 Å². The van der Waals surface area contributed by atoms with E-state index in [1.165, 1.54) is 12.1 Å². The summed E-state index contributed by atoms with van der Waals surface area (Å²) in [5, 5.41) is 38.2. The molecule has 2 aromatic carbocycles. The Kier molecular flexibility index (Phi) is 6.52. The van der Waals surface area contributed by atoms with E-state index in [1.807, 2.05) is 0 Å². The van der Waals surface area contributed by atoms with E-state index in [-0.39, 0.29) is 11.1 Å². The van der Waals surface area contributed by atoms with E-state index in [0.717, 1.165) is 12.1 Å². The fourth-order valence-electron chi connectivity index (χ4n) is 1.58. The molecule has 0 aliphatic heterocycles. The molecule has 2 rings (SSSR count). The first-order valence-corrected chi connectivity index (χ1v) is 6.66. The third-order valence-electron chi connectivity index (χ3n) is 2.69. The Bertz CT molecular complexity index is 852. The number of carbonyl (C=O) groups is 2. The van der Waals surface area contributed by atoms with Gasteiger partial charge in [0.1, 0.15) is 0 Å². The number of nitro groups is 2. The summed E-state index contributed by atoms with van der Waals surface area (Å²) in [6.07, 6.45) is 0. The van der Waals surface area contributed by atoms with Gasteiger partial charge < -0.3 is 10.2 Å². The lowest BCUT2D eigenvalue weighted by atomic mass is 10.2. The fraction of sp³-hybridized carbons (Fsp3) is 0. The third-order valence-corrected chi connectivity index (χ3v) is 2.92. The van der Waals surface area contributed by atoms with Crippen LogP contribution in [-0.2, 0) is 0 Å². The Balaban J connectivity index is 0.000000271. The summed E-state index contributed by atoms with van der Waals surface area (Å²) < 4.78 is 0. The molecule has 0 bridgehead atoms. The number of benzene rings is 2. The van der Waals surface area contributed by atoms with Gasteiger partial charge >= 0.3 is 23.3 Å². The van der Waals surface area contributed by atoms with Gasteiger partial charge in [-0.3, -0.25) is 20.2 Å². The number of halogens is 1. The Morgan fingerprint density at radius 1 is 0.840 bits per heavy atom. The average molecular weight is 369 g/mol. The zero-order valence-corrected chi connectivity index (χ0v) is 12.9. The number of carboxylic acids is 2. The molecule has 2 aromatic rings. The zero-order chi connectivity index (χ0) is 19.1. The van der Waals surface area contributed by atoms with Crippen LogP contribution < -0.4 is 0 Å². The monoisotopic (exact) mass is 368 g/mol. The van der Waals surface area contributed by atoms with Crippen LogP contribution in [0.15, 0.2) is 42.5 Å². The molecule has 0 heterocycles. The maximum Gasteiger partial charge on any atom is 0.346 e. The first-order valence-electron chi connectivity index (χ1n) is 6.28. The maximum absolute atomic E-state index is 10.5. The SMILES string of the molecule is O=C(O)c1ccc([N+](=O)[O-])c([N+](=O)[O-])c1.O=C(O)c1cccc(Cl)c1. The summed E-state index contributed by atoms with van der Waals surface area (Å²) >= 11 is 5.53. The number of nitrogens with zero attached hydrogens (tertiary/aromatic N) is 2. The summed E-state index contributed by atoms with van der Waals surface area (Å²) in [6, 6.07) is 8.52. The van der Waals surface area contributed by atoms with Crippen molar-refractivity contribution >= 4 is 34.9 Å². The minimum atomic E-state index is -1.38. The molecule has 130 valence electrons. The fourth-order valence-corrected chi connectivity index (χ4v) is 1.77. The molecule has 0 radical (unpaired) electrons. The molecular weight excluding hydrogens is 360 g/mol. The van der Waals surface area contributed by atoms with Crippen molar-refractivity contribution in [2.24, 2.45) is 0 Å². The first kappa shape index (κ1) is 19.5. The van der Waals surface area contributed by atoms with Crippen LogP contribution in [0.4, 0.5) is 11.4 Å². The van der Waals surface area contributed by atoms with Crippen molar-refractivity contribution < 1.29 is 29.6 Å². The zero-order valence-electron chi connectivity index (χ0n) is 12.2. The molecule has 25 heavy (non-hydrogen) atoms. The van der Waals surface area contributed by atoms with Crippen LogP contribution in [0.5, 0.6) is 0 Å². The predicted octanol–water partition coefficient (Wildman–Crippen LogP) is 3.24. The normalized spacial score (nSPS) is 9.48. The van der Waals surface area contributed by atoms with Crippen LogP contribution in [0.3, 0.4) is 0 Å². The van der Waals surface area contributed by atoms with Crippen molar-refractivity contribution in [1.82, 2.24) is 0 Å². The molecule has 0 unspecified atom stereocenters. The van der Waals surface area contributed by atoms with Gasteiger partial charge in [0.15, 0.2) is 0 Å². The average Bonchev–Trinajstić information content (AvgIpc) is 2.54. The Labute approximate surface area is 144 Å². The highest BCUT2D eigenvalue weighted by Crippen LogP contribution is 2.27. The van der Waals surface area contributed by atoms with Gasteiger partial charge in [-0.15, -0.1) is 0 Å². The van der Waals surface area contributed by atoms with Crippen molar-refractivity contribution in [3.05, 3.63) is 78.8 Å². The molecular formula is C14H9ClN2O8. The van der Waals surface area contributed by atoms with Gasteiger partial charge in [-0.05, 0) is 24.3 Å². The lowest BCUT2D eigenvalue weighted by molar-refractivity contribution is -0.422. The molecule has 0 saturated heterocycles. The van der Waals surface area contributed by atoms with Crippen LogP contribution in [0.1, 0.15) is 20.7 Å². The van der Waals surface area contributed by atoms with Gasteiger partial charge in [-0.1, -0.05) is 17.7 Å². The van der Waals surface area contributed by atoms with Crippen molar-refractivity contribution in [2.45, 2.75) is 0 Å². The van der Waals surface area contributed by atoms with Crippen molar-refractivity contribution in [1.29, 1.82) is 0 Å². The summed E-state index contributed by atoms with van der Waals surface area (Å²) in [6.45, 7) is 0. The number of carboxylic acid groups (broad SMARTS) is 2.